The molecule has 0 saturated carbocycles. The quantitative estimate of drug-likeness (QED) is 0.0321. The fourth-order valence-electron chi connectivity index (χ4n) is 8.05. The number of carbonyl (C=O) groups excluding carboxylic acids is 2. The highest BCUT2D eigenvalue weighted by molar-refractivity contribution is 5.77. The van der Waals surface area contributed by atoms with E-state index in [1.165, 1.54) is 109 Å². The summed E-state index contributed by atoms with van der Waals surface area (Å²) in [6.45, 7) is 6.32. The van der Waals surface area contributed by atoms with Gasteiger partial charge in [-0.2, -0.15) is 0 Å². The van der Waals surface area contributed by atoms with E-state index in [2.05, 4.69) is 129 Å². The molecule has 6 nitrogen and oxygen atoms in total. The first-order chi connectivity index (χ1) is 34.0. The molecule has 394 valence electrons. The van der Waals surface area contributed by atoms with Crippen LogP contribution in [0.4, 0.5) is 0 Å². The molecule has 69 heavy (non-hydrogen) atoms. The van der Waals surface area contributed by atoms with Crippen molar-refractivity contribution in [2.75, 3.05) is 6.61 Å². The van der Waals surface area contributed by atoms with Gasteiger partial charge < -0.3 is 20.3 Å². The molecule has 0 fully saturated rings. The van der Waals surface area contributed by atoms with Crippen molar-refractivity contribution < 1.29 is 24.5 Å². The second-order valence-electron chi connectivity index (χ2n) is 19.0. The van der Waals surface area contributed by atoms with E-state index in [0.717, 1.165) is 89.9 Å². The summed E-state index contributed by atoms with van der Waals surface area (Å²) >= 11 is 0. The average molecular weight is 959 g/mol. The largest absolute Gasteiger partial charge is 0.462 e. The van der Waals surface area contributed by atoms with Crippen LogP contribution in [0.5, 0.6) is 0 Å². The van der Waals surface area contributed by atoms with Crippen molar-refractivity contribution in [2.45, 2.75) is 270 Å². The normalized spacial score (nSPS) is 14.0. The number of esters is 1. The molecule has 0 saturated heterocycles. The highest BCUT2D eigenvalue weighted by Crippen LogP contribution is 2.17. The third-order valence-electron chi connectivity index (χ3n) is 12.3. The number of allylic oxidation sites excluding steroid dienone is 18. The molecule has 3 atom stereocenters. The summed E-state index contributed by atoms with van der Waals surface area (Å²) in [5, 5.41) is 23.9. The van der Waals surface area contributed by atoms with Crippen LogP contribution in [0.1, 0.15) is 252 Å². The molecule has 0 rings (SSSR count). The second-order valence-corrected chi connectivity index (χ2v) is 19.0. The van der Waals surface area contributed by atoms with E-state index in [-0.39, 0.29) is 31.3 Å². The monoisotopic (exact) mass is 958 g/mol. The Hall–Kier alpha value is -3.48. The number of nitrogens with one attached hydrogen (secondary N) is 1. The summed E-state index contributed by atoms with van der Waals surface area (Å²) in [6.07, 6.45) is 75.9. The van der Waals surface area contributed by atoms with Gasteiger partial charge in [-0.25, -0.2) is 0 Å². The molecule has 0 aromatic carbocycles. The van der Waals surface area contributed by atoms with Gasteiger partial charge in [0.2, 0.25) is 5.91 Å². The van der Waals surface area contributed by atoms with E-state index in [0.29, 0.717) is 19.3 Å². The number of amides is 1. The van der Waals surface area contributed by atoms with E-state index < -0.39 is 18.2 Å². The SMILES string of the molecule is CC/C=C\C/C=C\C/C=C\C/C=C\C/C=C\C/C=C\CCC(=O)OC(CCCC/C=C\C/C=C\C/C=C\CCCCC)CC(=O)NC(CO)C(O)CCCCCCCCCCCCCCCCCC. The Labute approximate surface area is 426 Å². The van der Waals surface area contributed by atoms with Crippen molar-refractivity contribution in [1.29, 1.82) is 0 Å². The molecule has 0 radical (unpaired) electrons. The Balaban J connectivity index is 4.74. The molecule has 3 unspecified atom stereocenters. The number of hydrogen-bond acceptors (Lipinski definition) is 5. The number of ether oxygens (including phenoxy) is 1. The minimum atomic E-state index is -0.818. The second kappa shape index (κ2) is 55.4. The Kier molecular flexibility index (Phi) is 52.7. The number of unbranched alkanes of at least 4 members (excludes halogenated alkanes) is 20. The molecule has 0 aromatic heterocycles. The maximum Gasteiger partial charge on any atom is 0.306 e. The van der Waals surface area contributed by atoms with Crippen molar-refractivity contribution in [3.05, 3.63) is 109 Å². The zero-order valence-electron chi connectivity index (χ0n) is 44.9. The molecule has 0 heterocycles. The van der Waals surface area contributed by atoms with Crippen LogP contribution in [0, 0.1) is 0 Å². The van der Waals surface area contributed by atoms with Crippen molar-refractivity contribution in [3.63, 3.8) is 0 Å². The van der Waals surface area contributed by atoms with Crippen molar-refractivity contribution in [3.8, 4) is 0 Å². The van der Waals surface area contributed by atoms with Gasteiger partial charge in [0.25, 0.3) is 0 Å². The average Bonchev–Trinajstić information content (AvgIpc) is 3.34. The summed E-state index contributed by atoms with van der Waals surface area (Å²) in [7, 11) is 0. The molecule has 0 aliphatic carbocycles. The first-order valence-electron chi connectivity index (χ1n) is 28.6. The molecule has 0 bridgehead atoms. The van der Waals surface area contributed by atoms with Crippen LogP contribution < -0.4 is 5.32 Å². The van der Waals surface area contributed by atoms with Crippen LogP contribution >= 0.6 is 0 Å². The lowest BCUT2D eigenvalue weighted by Crippen LogP contribution is -2.46. The van der Waals surface area contributed by atoms with Crippen molar-refractivity contribution >= 4 is 11.9 Å². The predicted octanol–water partition coefficient (Wildman–Crippen LogP) is 17.8. The van der Waals surface area contributed by atoms with E-state index in [9.17, 15) is 19.8 Å². The van der Waals surface area contributed by atoms with Crippen LogP contribution in [-0.4, -0.2) is 46.9 Å². The predicted molar refractivity (Wildman–Crippen MR) is 300 cm³/mol. The van der Waals surface area contributed by atoms with E-state index in [1.807, 2.05) is 6.08 Å². The summed E-state index contributed by atoms with van der Waals surface area (Å²) < 4.78 is 5.89. The fraction of sp³-hybridized carbons (Fsp3) is 0.683. The smallest absolute Gasteiger partial charge is 0.306 e. The summed E-state index contributed by atoms with van der Waals surface area (Å²) in [5.74, 6) is -0.616. The highest BCUT2D eigenvalue weighted by Gasteiger charge is 2.24. The summed E-state index contributed by atoms with van der Waals surface area (Å²) in [4.78, 5) is 26.2. The number of hydrogen-bond donors (Lipinski definition) is 3. The maximum atomic E-state index is 13.3. The molecule has 6 heteroatoms. The van der Waals surface area contributed by atoms with E-state index >= 15 is 0 Å². The Morgan fingerprint density at radius 2 is 0.783 bits per heavy atom. The van der Waals surface area contributed by atoms with Gasteiger partial charge in [-0.3, -0.25) is 9.59 Å². The molecule has 1 amide bonds. The number of rotatable bonds is 50. The van der Waals surface area contributed by atoms with Gasteiger partial charge >= 0.3 is 5.97 Å². The molecule has 0 aliphatic heterocycles. The lowest BCUT2D eigenvalue weighted by Gasteiger charge is -2.24. The first-order valence-corrected chi connectivity index (χ1v) is 28.6. The zero-order chi connectivity index (χ0) is 50.2. The van der Waals surface area contributed by atoms with Crippen LogP contribution in [-0.2, 0) is 14.3 Å². The van der Waals surface area contributed by atoms with E-state index in [4.69, 9.17) is 4.74 Å². The highest BCUT2D eigenvalue weighted by atomic mass is 16.5. The summed E-state index contributed by atoms with van der Waals surface area (Å²) in [6, 6.07) is -0.737. The number of aliphatic hydroxyl groups is 2. The molecular formula is C63H107NO5. The van der Waals surface area contributed by atoms with Crippen LogP contribution in [0.15, 0.2) is 109 Å². The van der Waals surface area contributed by atoms with Crippen molar-refractivity contribution in [1.82, 2.24) is 5.32 Å². The lowest BCUT2D eigenvalue weighted by atomic mass is 10.0. The number of aliphatic hydroxyl groups excluding tert-OH is 2. The minimum Gasteiger partial charge on any atom is -0.462 e. The third-order valence-corrected chi connectivity index (χ3v) is 12.3. The molecular weight excluding hydrogens is 851 g/mol. The third kappa shape index (κ3) is 50.7. The molecule has 0 spiro atoms. The van der Waals surface area contributed by atoms with Gasteiger partial charge in [-0.1, -0.05) is 246 Å². The zero-order valence-corrected chi connectivity index (χ0v) is 44.9. The lowest BCUT2D eigenvalue weighted by molar-refractivity contribution is -0.150. The number of carbonyl (C=O) groups is 2. The molecule has 0 aliphatic rings. The van der Waals surface area contributed by atoms with Gasteiger partial charge in [0.05, 0.1) is 25.2 Å². The Bertz CT molecular complexity index is 1400. The van der Waals surface area contributed by atoms with Gasteiger partial charge in [-0.05, 0) is 103 Å². The fourth-order valence-corrected chi connectivity index (χ4v) is 8.05. The van der Waals surface area contributed by atoms with Crippen molar-refractivity contribution in [2.24, 2.45) is 0 Å². The van der Waals surface area contributed by atoms with Crippen LogP contribution in [0.2, 0.25) is 0 Å². The maximum absolute atomic E-state index is 13.3. The van der Waals surface area contributed by atoms with Gasteiger partial charge in [0, 0.05) is 6.42 Å². The Morgan fingerprint density at radius 1 is 0.435 bits per heavy atom. The molecule has 3 N–H and O–H groups in total. The van der Waals surface area contributed by atoms with Gasteiger partial charge in [-0.15, -0.1) is 0 Å². The standard InChI is InChI=1S/C63H107NO5/c1-4-7-10-13-16-19-22-25-28-30-31-32-35-38-41-44-47-50-53-56-63(68)69-59(54-51-48-45-42-39-36-33-27-24-21-18-15-12-9-6-3)57-62(67)64-60(58-65)61(66)55-52-49-46-43-40-37-34-29-26-23-20-17-14-11-8-5-2/h7,10,16,18-19,21,25,27-28,31-33,38-39,41-42,47,50,59-61,65-66H,4-6,8-9,11-15,17,20,22-24,26,29-30,34-37,40,43-46,48-49,51-58H2,1-3H3,(H,64,67)/b10-7-,19-16-,21-18-,28-25-,32-31-,33-27-,41-38-,42-39-,50-47-. The van der Waals surface area contributed by atoms with Crippen LogP contribution in [0.3, 0.4) is 0 Å². The van der Waals surface area contributed by atoms with E-state index in [1.54, 1.807) is 0 Å². The first kappa shape index (κ1) is 65.5. The van der Waals surface area contributed by atoms with Crippen LogP contribution in [0.25, 0.3) is 0 Å². The van der Waals surface area contributed by atoms with Gasteiger partial charge in [0.1, 0.15) is 6.10 Å². The van der Waals surface area contributed by atoms with Gasteiger partial charge in [0.15, 0.2) is 0 Å². The summed E-state index contributed by atoms with van der Waals surface area (Å²) in [5.41, 5.74) is 0. The topological polar surface area (TPSA) is 95.9 Å². The molecule has 0 aromatic rings. The minimum absolute atomic E-state index is 0.0155. The Morgan fingerprint density at radius 3 is 1.20 bits per heavy atom.